The predicted octanol–water partition coefficient (Wildman–Crippen LogP) is 3.03. The lowest BCUT2D eigenvalue weighted by Crippen LogP contribution is -2.40. The van der Waals surface area contributed by atoms with Gasteiger partial charge < -0.3 is 14.8 Å². The molecule has 0 unspecified atom stereocenters. The van der Waals surface area contributed by atoms with E-state index in [4.69, 9.17) is 9.47 Å². The van der Waals surface area contributed by atoms with Crippen LogP contribution in [-0.4, -0.2) is 34.1 Å². The summed E-state index contributed by atoms with van der Waals surface area (Å²) in [6.07, 6.45) is 0. The van der Waals surface area contributed by atoms with E-state index >= 15 is 0 Å². The van der Waals surface area contributed by atoms with Crippen LogP contribution in [0.4, 0.5) is 5.69 Å². The molecule has 146 valence electrons. The average molecular weight is 392 g/mol. The summed E-state index contributed by atoms with van der Waals surface area (Å²) in [6, 6.07) is 10.8. The van der Waals surface area contributed by atoms with Crippen molar-refractivity contribution >= 4 is 21.6 Å². The van der Waals surface area contributed by atoms with Crippen molar-refractivity contribution in [3.63, 3.8) is 0 Å². The molecule has 2 rings (SSSR count). The van der Waals surface area contributed by atoms with Gasteiger partial charge in [-0.1, -0.05) is 6.07 Å². The second-order valence-electron chi connectivity index (χ2n) is 6.90. The van der Waals surface area contributed by atoms with Gasteiger partial charge in [0.2, 0.25) is 10.0 Å². The fraction of sp³-hybridized carbons (Fsp3) is 0.316. The normalized spacial score (nSPS) is 11.7. The second-order valence-corrected chi connectivity index (χ2v) is 8.59. The Hall–Kier alpha value is -2.58. The van der Waals surface area contributed by atoms with Gasteiger partial charge in [-0.25, -0.2) is 13.1 Å². The maximum atomic E-state index is 12.6. The molecule has 1 amide bonds. The number of ether oxygens (including phenoxy) is 2. The summed E-state index contributed by atoms with van der Waals surface area (Å²) in [4.78, 5) is 12.6. The maximum Gasteiger partial charge on any atom is 0.255 e. The molecule has 0 spiro atoms. The van der Waals surface area contributed by atoms with Gasteiger partial charge in [0.1, 0.15) is 11.5 Å². The molecule has 8 heteroatoms. The highest BCUT2D eigenvalue weighted by atomic mass is 32.2. The molecule has 0 saturated carbocycles. The first-order valence-corrected chi connectivity index (χ1v) is 9.71. The topological polar surface area (TPSA) is 93.7 Å². The molecule has 0 saturated heterocycles. The Balaban J connectivity index is 2.31. The Kier molecular flexibility index (Phi) is 6.12. The molecule has 0 fully saturated rings. The van der Waals surface area contributed by atoms with Crippen LogP contribution < -0.4 is 19.5 Å². The molecule has 7 nitrogen and oxygen atoms in total. The first kappa shape index (κ1) is 20.7. The van der Waals surface area contributed by atoms with Gasteiger partial charge in [-0.15, -0.1) is 0 Å². The number of sulfonamides is 1. The van der Waals surface area contributed by atoms with E-state index in [0.717, 1.165) is 0 Å². The van der Waals surface area contributed by atoms with Crippen LogP contribution in [-0.2, 0) is 10.0 Å². The monoisotopic (exact) mass is 392 g/mol. The van der Waals surface area contributed by atoms with E-state index in [-0.39, 0.29) is 10.5 Å². The number of amides is 1. The number of hydrogen-bond donors (Lipinski definition) is 2. The molecule has 0 bridgehead atoms. The highest BCUT2D eigenvalue weighted by Crippen LogP contribution is 2.29. The van der Waals surface area contributed by atoms with Gasteiger partial charge in [0.05, 0.1) is 24.8 Å². The number of carbonyl (C=O) groups excluding carboxylic acids is 1. The highest BCUT2D eigenvalue weighted by Gasteiger charge is 2.23. The van der Waals surface area contributed by atoms with E-state index < -0.39 is 21.5 Å². The molecule has 2 aromatic rings. The van der Waals surface area contributed by atoms with Crippen LogP contribution in [0.25, 0.3) is 0 Å². The second kappa shape index (κ2) is 7.98. The Morgan fingerprint density at radius 2 is 1.70 bits per heavy atom. The van der Waals surface area contributed by atoms with Crippen LogP contribution in [0.15, 0.2) is 47.4 Å². The number of methoxy groups -OCH3 is 2. The minimum atomic E-state index is -3.75. The summed E-state index contributed by atoms with van der Waals surface area (Å²) in [7, 11) is -0.738. The van der Waals surface area contributed by atoms with E-state index in [1.807, 2.05) is 0 Å². The summed E-state index contributed by atoms with van der Waals surface area (Å²) in [5.74, 6) is 0.550. The summed E-state index contributed by atoms with van der Waals surface area (Å²) >= 11 is 0. The average Bonchev–Trinajstić information content (AvgIpc) is 2.59. The third-order valence-electron chi connectivity index (χ3n) is 3.50. The van der Waals surface area contributed by atoms with Crippen LogP contribution >= 0.6 is 0 Å². The van der Waals surface area contributed by atoms with Gasteiger partial charge in [0, 0.05) is 17.2 Å². The van der Waals surface area contributed by atoms with Gasteiger partial charge in [0.25, 0.3) is 5.91 Å². The summed E-state index contributed by atoms with van der Waals surface area (Å²) in [5, 5.41) is 2.72. The van der Waals surface area contributed by atoms with Crippen molar-refractivity contribution in [2.45, 2.75) is 31.2 Å². The van der Waals surface area contributed by atoms with Crippen LogP contribution in [0, 0.1) is 0 Å². The lowest BCUT2D eigenvalue weighted by Gasteiger charge is -2.20. The van der Waals surface area contributed by atoms with Crippen LogP contribution in [0.5, 0.6) is 11.5 Å². The smallest absolute Gasteiger partial charge is 0.255 e. The summed E-state index contributed by atoms with van der Waals surface area (Å²) in [6.45, 7) is 5.24. The van der Waals surface area contributed by atoms with Crippen LogP contribution in [0.2, 0.25) is 0 Å². The minimum absolute atomic E-state index is 0.0164. The predicted molar refractivity (Wildman–Crippen MR) is 104 cm³/mol. The van der Waals surface area contributed by atoms with E-state index in [1.165, 1.54) is 38.5 Å². The standard InChI is InChI=1S/C19H24N2O5S/c1-19(2,3)21-27(23,24)15-8-6-7-13(11-15)18(22)20-16-12-14(25-4)9-10-17(16)26-5/h6-12,21H,1-5H3,(H,20,22). The zero-order chi connectivity index (χ0) is 20.2. The number of nitrogens with one attached hydrogen (secondary N) is 2. The molecule has 0 heterocycles. The molecule has 0 aliphatic carbocycles. The van der Waals surface area contributed by atoms with E-state index in [1.54, 1.807) is 39.0 Å². The van der Waals surface area contributed by atoms with Gasteiger partial charge >= 0.3 is 0 Å². The van der Waals surface area contributed by atoms with Gasteiger partial charge in [-0.2, -0.15) is 0 Å². The van der Waals surface area contributed by atoms with Crippen LogP contribution in [0.1, 0.15) is 31.1 Å². The van der Waals surface area contributed by atoms with Crippen molar-refractivity contribution in [3.05, 3.63) is 48.0 Å². The fourth-order valence-electron chi connectivity index (χ4n) is 2.37. The molecule has 0 aliphatic heterocycles. The first-order chi connectivity index (χ1) is 12.6. The number of carbonyl (C=O) groups is 1. The van der Waals surface area contributed by atoms with E-state index in [0.29, 0.717) is 17.2 Å². The zero-order valence-corrected chi connectivity index (χ0v) is 16.8. The SMILES string of the molecule is COc1ccc(OC)c(NC(=O)c2cccc(S(=O)(=O)NC(C)(C)C)c2)c1. The van der Waals surface area contributed by atoms with Crippen molar-refractivity contribution in [2.24, 2.45) is 0 Å². The van der Waals surface area contributed by atoms with E-state index in [2.05, 4.69) is 10.0 Å². The molecular weight excluding hydrogens is 368 g/mol. The number of hydrogen-bond acceptors (Lipinski definition) is 5. The molecule has 27 heavy (non-hydrogen) atoms. The zero-order valence-electron chi connectivity index (χ0n) is 16.0. The number of benzene rings is 2. The molecule has 0 atom stereocenters. The van der Waals surface area contributed by atoms with Gasteiger partial charge in [-0.05, 0) is 51.1 Å². The van der Waals surface area contributed by atoms with Crippen molar-refractivity contribution in [3.8, 4) is 11.5 Å². The Morgan fingerprint density at radius 3 is 2.30 bits per heavy atom. The van der Waals surface area contributed by atoms with Gasteiger partial charge in [-0.3, -0.25) is 4.79 Å². The lowest BCUT2D eigenvalue weighted by atomic mass is 10.1. The minimum Gasteiger partial charge on any atom is -0.497 e. The van der Waals surface area contributed by atoms with Gasteiger partial charge in [0.15, 0.2) is 0 Å². The van der Waals surface area contributed by atoms with E-state index in [9.17, 15) is 13.2 Å². The first-order valence-electron chi connectivity index (χ1n) is 8.23. The quantitative estimate of drug-likeness (QED) is 0.788. The Morgan fingerprint density at radius 1 is 1.00 bits per heavy atom. The molecule has 2 aromatic carbocycles. The Bertz CT molecular complexity index is 933. The Labute approximate surface area is 159 Å². The lowest BCUT2D eigenvalue weighted by molar-refractivity contribution is 0.102. The highest BCUT2D eigenvalue weighted by molar-refractivity contribution is 7.89. The van der Waals surface area contributed by atoms with Crippen molar-refractivity contribution in [1.29, 1.82) is 0 Å². The largest absolute Gasteiger partial charge is 0.497 e. The fourth-order valence-corrected chi connectivity index (χ4v) is 3.84. The third-order valence-corrected chi connectivity index (χ3v) is 5.26. The number of rotatable bonds is 6. The number of anilines is 1. The summed E-state index contributed by atoms with van der Waals surface area (Å²) in [5.41, 5.74) is -0.00926. The van der Waals surface area contributed by atoms with Crippen molar-refractivity contribution in [1.82, 2.24) is 4.72 Å². The maximum absolute atomic E-state index is 12.6. The molecule has 0 aromatic heterocycles. The van der Waals surface area contributed by atoms with Crippen molar-refractivity contribution in [2.75, 3.05) is 19.5 Å². The van der Waals surface area contributed by atoms with Crippen LogP contribution in [0.3, 0.4) is 0 Å². The summed E-state index contributed by atoms with van der Waals surface area (Å²) < 4.78 is 37.9. The molecular formula is C19H24N2O5S. The molecule has 2 N–H and O–H groups in total. The third kappa shape index (κ3) is 5.45. The molecule has 0 radical (unpaired) electrons. The molecule has 0 aliphatic rings. The van der Waals surface area contributed by atoms with Crippen molar-refractivity contribution < 1.29 is 22.7 Å².